The SMILES string of the molecule is CCCCOC(=O)CC(C)C([NH])=O. The average molecular weight is 186 g/mol. The lowest BCUT2D eigenvalue weighted by atomic mass is 10.1. The first-order valence-corrected chi connectivity index (χ1v) is 4.49. The van der Waals surface area contributed by atoms with Crippen LogP contribution in [0.2, 0.25) is 0 Å². The molecular weight excluding hydrogens is 170 g/mol. The zero-order valence-corrected chi connectivity index (χ0v) is 8.13. The van der Waals surface area contributed by atoms with Gasteiger partial charge in [-0.05, 0) is 6.42 Å². The molecule has 13 heavy (non-hydrogen) atoms. The molecule has 1 amide bonds. The van der Waals surface area contributed by atoms with Crippen LogP contribution in [0.3, 0.4) is 0 Å². The van der Waals surface area contributed by atoms with Crippen LogP contribution in [0.1, 0.15) is 33.1 Å². The Morgan fingerprint density at radius 1 is 1.46 bits per heavy atom. The third-order valence-electron chi connectivity index (χ3n) is 1.68. The minimum atomic E-state index is -0.715. The largest absolute Gasteiger partial charge is 0.466 e. The van der Waals surface area contributed by atoms with Crippen molar-refractivity contribution in [3.05, 3.63) is 0 Å². The molecule has 0 rings (SSSR count). The van der Waals surface area contributed by atoms with Crippen LogP contribution in [0.4, 0.5) is 0 Å². The number of carbonyl (C=O) groups excluding carboxylic acids is 2. The van der Waals surface area contributed by atoms with Gasteiger partial charge in [-0.25, -0.2) is 0 Å². The Balaban J connectivity index is 3.56. The van der Waals surface area contributed by atoms with E-state index in [1.54, 1.807) is 6.92 Å². The van der Waals surface area contributed by atoms with Gasteiger partial charge in [0.25, 0.3) is 0 Å². The fourth-order valence-corrected chi connectivity index (χ4v) is 0.732. The molecule has 1 radical (unpaired) electrons. The number of hydrogen-bond donors (Lipinski definition) is 0. The molecule has 0 saturated heterocycles. The second kappa shape index (κ2) is 6.46. The van der Waals surface area contributed by atoms with Gasteiger partial charge < -0.3 is 4.74 Å². The van der Waals surface area contributed by atoms with Gasteiger partial charge in [0.1, 0.15) is 0 Å². The number of rotatable bonds is 6. The lowest BCUT2D eigenvalue weighted by molar-refractivity contribution is -0.146. The van der Waals surface area contributed by atoms with E-state index >= 15 is 0 Å². The van der Waals surface area contributed by atoms with E-state index in [2.05, 4.69) is 0 Å². The Kier molecular flexibility index (Phi) is 5.93. The minimum Gasteiger partial charge on any atom is -0.466 e. The Morgan fingerprint density at radius 2 is 2.08 bits per heavy atom. The molecule has 4 nitrogen and oxygen atoms in total. The monoisotopic (exact) mass is 186 g/mol. The Hall–Kier alpha value is -1.06. The van der Waals surface area contributed by atoms with Crippen molar-refractivity contribution in [3.63, 3.8) is 0 Å². The molecule has 0 aromatic rings. The molecule has 0 aliphatic carbocycles. The van der Waals surface area contributed by atoms with Crippen LogP contribution in [0.15, 0.2) is 0 Å². The summed E-state index contributed by atoms with van der Waals surface area (Å²) in [4.78, 5) is 21.4. The number of carbonyl (C=O) groups is 2. The van der Waals surface area contributed by atoms with Gasteiger partial charge in [-0.1, -0.05) is 20.3 Å². The van der Waals surface area contributed by atoms with Crippen LogP contribution in [0.25, 0.3) is 0 Å². The number of ether oxygens (including phenoxy) is 1. The van der Waals surface area contributed by atoms with Gasteiger partial charge in [0.15, 0.2) is 0 Å². The van der Waals surface area contributed by atoms with E-state index in [4.69, 9.17) is 10.5 Å². The first kappa shape index (κ1) is 11.9. The third kappa shape index (κ3) is 6.13. The van der Waals surface area contributed by atoms with E-state index in [0.717, 1.165) is 12.8 Å². The second-order valence-electron chi connectivity index (χ2n) is 3.04. The maximum absolute atomic E-state index is 11.0. The second-order valence-corrected chi connectivity index (χ2v) is 3.04. The molecular formula is C9H16NO3. The number of unbranched alkanes of at least 4 members (excludes halogenated alkanes) is 1. The summed E-state index contributed by atoms with van der Waals surface area (Å²) >= 11 is 0. The lowest BCUT2D eigenvalue weighted by Crippen LogP contribution is -2.17. The summed E-state index contributed by atoms with van der Waals surface area (Å²) < 4.78 is 4.83. The van der Waals surface area contributed by atoms with Crippen molar-refractivity contribution in [1.29, 1.82) is 0 Å². The van der Waals surface area contributed by atoms with Gasteiger partial charge in [-0.3, -0.25) is 15.3 Å². The van der Waals surface area contributed by atoms with E-state index in [-0.39, 0.29) is 12.4 Å². The van der Waals surface area contributed by atoms with Crippen LogP contribution in [0.5, 0.6) is 0 Å². The lowest BCUT2D eigenvalue weighted by Gasteiger charge is -2.06. The summed E-state index contributed by atoms with van der Waals surface area (Å²) in [6.07, 6.45) is 1.83. The van der Waals surface area contributed by atoms with Crippen LogP contribution >= 0.6 is 0 Å². The van der Waals surface area contributed by atoms with Crippen molar-refractivity contribution < 1.29 is 14.3 Å². The van der Waals surface area contributed by atoms with Crippen LogP contribution < -0.4 is 5.73 Å². The molecule has 0 aromatic carbocycles. The summed E-state index contributed by atoms with van der Waals surface area (Å²) in [6.45, 7) is 3.97. The topological polar surface area (TPSA) is 67.2 Å². The molecule has 1 atom stereocenters. The first-order chi connectivity index (χ1) is 6.07. The van der Waals surface area contributed by atoms with Crippen molar-refractivity contribution in [2.45, 2.75) is 33.1 Å². The summed E-state index contributed by atoms with van der Waals surface area (Å²) in [5.74, 6) is -1.65. The fourth-order valence-electron chi connectivity index (χ4n) is 0.732. The summed E-state index contributed by atoms with van der Waals surface area (Å²) in [7, 11) is 0. The van der Waals surface area contributed by atoms with E-state index in [0.29, 0.717) is 6.61 Å². The van der Waals surface area contributed by atoms with Crippen molar-refractivity contribution in [2.75, 3.05) is 6.61 Å². The van der Waals surface area contributed by atoms with Gasteiger partial charge in [-0.2, -0.15) is 0 Å². The average Bonchev–Trinajstić information content (AvgIpc) is 2.04. The highest BCUT2D eigenvalue weighted by molar-refractivity contribution is 5.81. The van der Waals surface area contributed by atoms with E-state index in [1.165, 1.54) is 0 Å². The molecule has 4 heteroatoms. The van der Waals surface area contributed by atoms with Crippen LogP contribution in [0, 0.1) is 5.92 Å². The van der Waals surface area contributed by atoms with Gasteiger partial charge in [0.2, 0.25) is 5.91 Å². The van der Waals surface area contributed by atoms with Gasteiger partial charge in [0.05, 0.1) is 13.0 Å². The van der Waals surface area contributed by atoms with E-state index in [1.807, 2.05) is 6.92 Å². The Morgan fingerprint density at radius 3 is 2.54 bits per heavy atom. The molecule has 0 saturated carbocycles. The zero-order chi connectivity index (χ0) is 10.3. The maximum Gasteiger partial charge on any atom is 0.306 e. The van der Waals surface area contributed by atoms with Gasteiger partial charge in [0, 0.05) is 5.92 Å². The number of hydrogen-bond acceptors (Lipinski definition) is 3. The number of amides is 1. The highest BCUT2D eigenvalue weighted by Crippen LogP contribution is 2.03. The number of esters is 1. The highest BCUT2D eigenvalue weighted by Gasteiger charge is 2.15. The van der Waals surface area contributed by atoms with Crippen LogP contribution in [-0.2, 0) is 14.3 Å². The van der Waals surface area contributed by atoms with Crippen molar-refractivity contribution in [3.8, 4) is 0 Å². The summed E-state index contributed by atoms with van der Waals surface area (Å²) in [5.41, 5.74) is 6.74. The smallest absolute Gasteiger partial charge is 0.306 e. The molecule has 0 bridgehead atoms. The predicted molar refractivity (Wildman–Crippen MR) is 47.8 cm³/mol. The standard InChI is InChI=1S/C9H16NO3/c1-3-4-5-13-8(11)6-7(2)9(10)12/h7,10H,3-6H2,1-2H3. The summed E-state index contributed by atoms with van der Waals surface area (Å²) in [5, 5.41) is 0. The minimum absolute atomic E-state index is 0.0199. The molecule has 0 aliphatic rings. The number of nitrogens with one attached hydrogen (secondary N) is 1. The molecule has 0 heterocycles. The van der Waals surface area contributed by atoms with Crippen molar-refractivity contribution >= 4 is 11.9 Å². The third-order valence-corrected chi connectivity index (χ3v) is 1.68. The molecule has 75 valence electrons. The quantitative estimate of drug-likeness (QED) is 0.462. The highest BCUT2D eigenvalue weighted by atomic mass is 16.5. The fraction of sp³-hybridized carbons (Fsp3) is 0.778. The van der Waals surface area contributed by atoms with E-state index in [9.17, 15) is 9.59 Å². The zero-order valence-electron chi connectivity index (χ0n) is 8.13. The Labute approximate surface area is 78.4 Å². The molecule has 0 aromatic heterocycles. The van der Waals surface area contributed by atoms with Crippen molar-refractivity contribution in [2.24, 2.45) is 5.92 Å². The molecule has 1 N–H and O–H groups in total. The first-order valence-electron chi connectivity index (χ1n) is 4.49. The maximum atomic E-state index is 11.0. The molecule has 0 spiro atoms. The predicted octanol–water partition coefficient (Wildman–Crippen LogP) is 1.17. The van der Waals surface area contributed by atoms with Crippen molar-refractivity contribution in [1.82, 2.24) is 5.73 Å². The van der Waals surface area contributed by atoms with Gasteiger partial charge >= 0.3 is 5.97 Å². The van der Waals surface area contributed by atoms with Crippen LogP contribution in [-0.4, -0.2) is 18.5 Å². The molecule has 0 aliphatic heterocycles. The molecule has 0 fully saturated rings. The van der Waals surface area contributed by atoms with E-state index < -0.39 is 11.8 Å². The Bertz CT molecular complexity index is 180. The normalized spacial score (nSPS) is 12.2. The summed E-state index contributed by atoms with van der Waals surface area (Å²) in [6, 6.07) is 0. The van der Waals surface area contributed by atoms with Gasteiger partial charge in [-0.15, -0.1) is 0 Å². The molecule has 1 unspecified atom stereocenters.